The number of nitrogens with zero attached hydrogens (tertiary/aromatic N) is 3. The summed E-state index contributed by atoms with van der Waals surface area (Å²) < 4.78 is 0. The average Bonchev–Trinajstić information content (AvgIpc) is 2.56. The lowest BCUT2D eigenvalue weighted by atomic mass is 10.2. The quantitative estimate of drug-likeness (QED) is 0.664. The van der Waals surface area contributed by atoms with Crippen molar-refractivity contribution < 1.29 is 0 Å². The Morgan fingerprint density at radius 2 is 2.42 bits per heavy atom. The van der Waals surface area contributed by atoms with Crippen molar-refractivity contribution in [1.82, 2.24) is 15.4 Å². The highest BCUT2D eigenvalue weighted by molar-refractivity contribution is 5.60. The third kappa shape index (κ3) is 1.28. The van der Waals surface area contributed by atoms with Gasteiger partial charge in [-0.3, -0.25) is 9.97 Å². The Morgan fingerprint density at radius 1 is 1.50 bits per heavy atom. The molecule has 0 saturated carbocycles. The maximum atomic E-state index is 4.35. The highest BCUT2D eigenvalue weighted by Crippen LogP contribution is 2.15. The highest BCUT2D eigenvalue weighted by atomic mass is 15.3. The molecule has 0 bridgehead atoms. The molecule has 2 rings (SSSR count). The molecule has 1 N–H and O–H groups in total. The standard InChI is InChI=1S/C8H10N4/c1-6-4-9-5-8(11-6)7-2-3-10-12-7/h3-5,7,12H,2H2,1H3. The van der Waals surface area contributed by atoms with E-state index in [1.165, 1.54) is 0 Å². The molecule has 1 aromatic rings. The van der Waals surface area contributed by atoms with Crippen LogP contribution in [0.4, 0.5) is 0 Å². The average molecular weight is 162 g/mol. The van der Waals surface area contributed by atoms with Crippen LogP contribution in [0, 0.1) is 6.92 Å². The monoisotopic (exact) mass is 162 g/mol. The fraction of sp³-hybridized carbons (Fsp3) is 0.375. The molecule has 1 unspecified atom stereocenters. The SMILES string of the molecule is Cc1cncc(C2CC=NN2)n1. The first kappa shape index (κ1) is 7.21. The normalized spacial score (nSPS) is 20.9. The Morgan fingerprint density at radius 3 is 3.08 bits per heavy atom. The second kappa shape index (κ2) is 2.89. The minimum atomic E-state index is 0.220. The van der Waals surface area contributed by atoms with Gasteiger partial charge in [0.2, 0.25) is 0 Å². The van der Waals surface area contributed by atoms with E-state index in [9.17, 15) is 0 Å². The maximum absolute atomic E-state index is 4.35. The first-order valence-corrected chi connectivity index (χ1v) is 3.92. The highest BCUT2D eigenvalue weighted by Gasteiger charge is 2.14. The molecule has 0 aromatic carbocycles. The molecule has 1 aliphatic heterocycles. The molecule has 1 atom stereocenters. The largest absolute Gasteiger partial charge is 0.301 e. The van der Waals surface area contributed by atoms with Crippen LogP contribution < -0.4 is 5.43 Å². The molecule has 0 fully saturated rings. The zero-order valence-electron chi connectivity index (χ0n) is 6.86. The zero-order valence-corrected chi connectivity index (χ0v) is 6.86. The van der Waals surface area contributed by atoms with Gasteiger partial charge in [-0.25, -0.2) is 0 Å². The molecule has 1 aliphatic rings. The van der Waals surface area contributed by atoms with E-state index in [1.807, 2.05) is 13.1 Å². The Balaban J connectivity index is 2.22. The van der Waals surface area contributed by atoms with Crippen molar-refractivity contribution in [2.45, 2.75) is 19.4 Å². The molecule has 0 spiro atoms. The fourth-order valence-corrected chi connectivity index (χ4v) is 1.19. The van der Waals surface area contributed by atoms with Crippen LogP contribution in [0.25, 0.3) is 0 Å². The van der Waals surface area contributed by atoms with Crippen LogP contribution in [-0.2, 0) is 0 Å². The first-order valence-electron chi connectivity index (χ1n) is 3.92. The van der Waals surface area contributed by atoms with Gasteiger partial charge in [-0.15, -0.1) is 0 Å². The lowest BCUT2D eigenvalue weighted by molar-refractivity contribution is 0.598. The van der Waals surface area contributed by atoms with E-state index in [-0.39, 0.29) is 6.04 Å². The lowest BCUT2D eigenvalue weighted by Gasteiger charge is -2.07. The summed E-state index contributed by atoms with van der Waals surface area (Å²) >= 11 is 0. The van der Waals surface area contributed by atoms with Gasteiger partial charge in [0.05, 0.1) is 23.6 Å². The molecule has 2 heterocycles. The molecule has 1 aromatic heterocycles. The predicted molar refractivity (Wildman–Crippen MR) is 45.8 cm³/mol. The molecule has 4 heteroatoms. The molecule has 0 saturated heterocycles. The number of aromatic nitrogens is 2. The van der Waals surface area contributed by atoms with Crippen molar-refractivity contribution in [2.75, 3.05) is 0 Å². The van der Waals surface area contributed by atoms with E-state index < -0.39 is 0 Å². The second-order valence-electron chi connectivity index (χ2n) is 2.81. The molecular formula is C8H10N4. The van der Waals surface area contributed by atoms with Gasteiger partial charge >= 0.3 is 0 Å². The van der Waals surface area contributed by atoms with Crippen LogP contribution in [0.15, 0.2) is 17.5 Å². The minimum absolute atomic E-state index is 0.220. The van der Waals surface area contributed by atoms with Crippen molar-refractivity contribution in [2.24, 2.45) is 5.10 Å². The van der Waals surface area contributed by atoms with Crippen molar-refractivity contribution in [3.8, 4) is 0 Å². The van der Waals surface area contributed by atoms with Crippen LogP contribution in [0.1, 0.15) is 23.9 Å². The lowest BCUT2D eigenvalue weighted by Crippen LogP contribution is -2.12. The molecule has 0 amide bonds. The van der Waals surface area contributed by atoms with Crippen molar-refractivity contribution in [3.05, 3.63) is 23.8 Å². The molecular weight excluding hydrogens is 152 g/mol. The van der Waals surface area contributed by atoms with E-state index in [0.29, 0.717) is 0 Å². The van der Waals surface area contributed by atoms with Gasteiger partial charge in [-0.2, -0.15) is 5.10 Å². The number of hydrogen-bond acceptors (Lipinski definition) is 4. The van der Waals surface area contributed by atoms with E-state index >= 15 is 0 Å². The smallest absolute Gasteiger partial charge is 0.0925 e. The number of hydrogen-bond donors (Lipinski definition) is 1. The Bertz CT molecular complexity index is 300. The summed E-state index contributed by atoms with van der Waals surface area (Å²) in [5, 5.41) is 3.93. The molecule has 0 aliphatic carbocycles. The zero-order chi connectivity index (χ0) is 8.39. The fourth-order valence-electron chi connectivity index (χ4n) is 1.19. The van der Waals surface area contributed by atoms with Gasteiger partial charge < -0.3 is 5.43 Å². The van der Waals surface area contributed by atoms with Gasteiger partial charge in [0.1, 0.15) is 0 Å². The number of rotatable bonds is 1. The number of aryl methyl sites for hydroxylation is 1. The third-order valence-electron chi connectivity index (χ3n) is 1.79. The predicted octanol–water partition coefficient (Wildman–Crippen LogP) is 0.805. The topological polar surface area (TPSA) is 50.2 Å². The van der Waals surface area contributed by atoms with E-state index in [1.54, 1.807) is 12.4 Å². The first-order chi connectivity index (χ1) is 5.86. The van der Waals surface area contributed by atoms with Gasteiger partial charge in [-0.05, 0) is 6.92 Å². The minimum Gasteiger partial charge on any atom is -0.301 e. The van der Waals surface area contributed by atoms with Crippen LogP contribution in [-0.4, -0.2) is 16.2 Å². The van der Waals surface area contributed by atoms with E-state index in [4.69, 9.17) is 0 Å². The molecule has 62 valence electrons. The van der Waals surface area contributed by atoms with Crippen LogP contribution in [0.3, 0.4) is 0 Å². The number of hydrazone groups is 1. The summed E-state index contributed by atoms with van der Waals surface area (Å²) in [7, 11) is 0. The van der Waals surface area contributed by atoms with E-state index in [0.717, 1.165) is 17.8 Å². The third-order valence-corrected chi connectivity index (χ3v) is 1.79. The van der Waals surface area contributed by atoms with Crippen LogP contribution >= 0.6 is 0 Å². The summed E-state index contributed by atoms with van der Waals surface area (Å²) in [6, 6.07) is 0.220. The van der Waals surface area contributed by atoms with Crippen LogP contribution in [0.2, 0.25) is 0 Å². The Kier molecular flexibility index (Phi) is 1.74. The van der Waals surface area contributed by atoms with E-state index in [2.05, 4.69) is 20.5 Å². The van der Waals surface area contributed by atoms with Gasteiger partial charge in [-0.1, -0.05) is 0 Å². The summed E-state index contributed by atoms with van der Waals surface area (Å²) in [5.41, 5.74) is 4.88. The molecule has 0 radical (unpaired) electrons. The number of nitrogens with one attached hydrogen (secondary N) is 1. The Hall–Kier alpha value is -1.45. The second-order valence-corrected chi connectivity index (χ2v) is 2.81. The van der Waals surface area contributed by atoms with Crippen molar-refractivity contribution in [1.29, 1.82) is 0 Å². The molecule has 12 heavy (non-hydrogen) atoms. The van der Waals surface area contributed by atoms with Gasteiger partial charge in [0.25, 0.3) is 0 Å². The van der Waals surface area contributed by atoms with Crippen molar-refractivity contribution in [3.63, 3.8) is 0 Å². The summed E-state index contributed by atoms with van der Waals surface area (Å²) in [4.78, 5) is 8.42. The van der Waals surface area contributed by atoms with Crippen LogP contribution in [0.5, 0.6) is 0 Å². The summed E-state index contributed by atoms with van der Waals surface area (Å²) in [6.07, 6.45) is 6.28. The molecule has 4 nitrogen and oxygen atoms in total. The maximum Gasteiger partial charge on any atom is 0.0925 e. The van der Waals surface area contributed by atoms with Gasteiger partial charge in [0, 0.05) is 18.8 Å². The van der Waals surface area contributed by atoms with Crippen molar-refractivity contribution >= 4 is 6.21 Å². The van der Waals surface area contributed by atoms with Gasteiger partial charge in [0.15, 0.2) is 0 Å². The Labute approximate surface area is 70.7 Å². The summed E-state index contributed by atoms with van der Waals surface area (Å²) in [5.74, 6) is 0. The summed E-state index contributed by atoms with van der Waals surface area (Å²) in [6.45, 7) is 1.94.